The summed E-state index contributed by atoms with van der Waals surface area (Å²) in [6.45, 7) is 3.74. The molecule has 0 radical (unpaired) electrons. The van der Waals surface area contributed by atoms with Gasteiger partial charge in [-0.1, -0.05) is 19.8 Å². The molecule has 0 aromatic carbocycles. The molecule has 1 aromatic heterocycles. The van der Waals surface area contributed by atoms with Gasteiger partial charge in [-0.25, -0.2) is 9.37 Å². The summed E-state index contributed by atoms with van der Waals surface area (Å²) >= 11 is 0. The molecule has 1 aromatic rings. The van der Waals surface area contributed by atoms with Gasteiger partial charge in [-0.15, -0.1) is 0 Å². The average molecular weight is 268 g/mol. The van der Waals surface area contributed by atoms with Crippen molar-refractivity contribution < 1.29 is 9.18 Å². The highest BCUT2D eigenvalue weighted by atomic mass is 19.1. The fourth-order valence-corrected chi connectivity index (χ4v) is 1.47. The van der Waals surface area contributed by atoms with E-state index in [0.29, 0.717) is 18.8 Å². The maximum Gasteiger partial charge on any atom is 0.239 e. The third-order valence-electron chi connectivity index (χ3n) is 2.54. The van der Waals surface area contributed by atoms with Crippen LogP contribution in [0.1, 0.15) is 32.6 Å². The van der Waals surface area contributed by atoms with E-state index in [9.17, 15) is 9.18 Å². The molecule has 106 valence electrons. The first-order valence-corrected chi connectivity index (χ1v) is 6.59. The van der Waals surface area contributed by atoms with Crippen LogP contribution in [0.2, 0.25) is 0 Å². The lowest BCUT2D eigenvalue weighted by Gasteiger charge is -2.08. The number of halogens is 1. The van der Waals surface area contributed by atoms with Crippen LogP contribution in [0.3, 0.4) is 0 Å². The largest absolute Gasteiger partial charge is 0.316 e. The van der Waals surface area contributed by atoms with E-state index in [1.807, 2.05) is 0 Å². The van der Waals surface area contributed by atoms with Crippen molar-refractivity contribution in [1.29, 1.82) is 0 Å². The minimum absolute atomic E-state index is 0.130. The standard InChI is InChI=1S/C13H21FN4O/c1-2-3-4-8-15-9-7-13(19)18-17-12-6-5-11(14)10-16-12/h5-6,10,15H,2-4,7-9H2,1H3,(H,16,17)(H,18,19). The number of rotatable bonds is 9. The molecule has 0 aliphatic carbocycles. The molecule has 0 spiro atoms. The van der Waals surface area contributed by atoms with Crippen LogP contribution in [0.5, 0.6) is 0 Å². The predicted octanol–water partition coefficient (Wildman–Crippen LogP) is 1.83. The van der Waals surface area contributed by atoms with Crippen LogP contribution in [-0.2, 0) is 4.79 Å². The first-order valence-electron chi connectivity index (χ1n) is 6.59. The van der Waals surface area contributed by atoms with Crippen LogP contribution in [0, 0.1) is 5.82 Å². The van der Waals surface area contributed by atoms with Gasteiger partial charge < -0.3 is 5.32 Å². The molecule has 0 bridgehead atoms. The summed E-state index contributed by atoms with van der Waals surface area (Å²) < 4.78 is 12.6. The lowest BCUT2D eigenvalue weighted by atomic mass is 10.2. The van der Waals surface area contributed by atoms with Crippen LogP contribution in [0.15, 0.2) is 18.3 Å². The summed E-state index contributed by atoms with van der Waals surface area (Å²) in [5.74, 6) is -0.132. The smallest absolute Gasteiger partial charge is 0.239 e. The Morgan fingerprint density at radius 3 is 2.84 bits per heavy atom. The van der Waals surface area contributed by atoms with Gasteiger partial charge in [0.2, 0.25) is 5.91 Å². The number of carbonyl (C=O) groups is 1. The van der Waals surface area contributed by atoms with Crippen molar-refractivity contribution in [1.82, 2.24) is 15.7 Å². The van der Waals surface area contributed by atoms with Gasteiger partial charge in [0.1, 0.15) is 11.6 Å². The van der Waals surface area contributed by atoms with Gasteiger partial charge in [0.15, 0.2) is 0 Å². The molecule has 3 N–H and O–H groups in total. The molecule has 1 amide bonds. The first kappa shape index (κ1) is 15.4. The number of hydrogen-bond acceptors (Lipinski definition) is 4. The molecule has 0 fully saturated rings. The van der Waals surface area contributed by atoms with Crippen molar-refractivity contribution >= 4 is 11.7 Å². The Morgan fingerprint density at radius 1 is 1.32 bits per heavy atom. The monoisotopic (exact) mass is 268 g/mol. The number of pyridine rings is 1. The highest BCUT2D eigenvalue weighted by molar-refractivity contribution is 5.77. The number of nitrogens with one attached hydrogen (secondary N) is 3. The van der Waals surface area contributed by atoms with E-state index < -0.39 is 5.82 Å². The zero-order valence-electron chi connectivity index (χ0n) is 11.2. The second-order valence-corrected chi connectivity index (χ2v) is 4.24. The zero-order chi connectivity index (χ0) is 13.9. The van der Waals surface area contributed by atoms with E-state index in [-0.39, 0.29) is 5.91 Å². The summed E-state index contributed by atoms with van der Waals surface area (Å²) in [6.07, 6.45) is 5.01. The molecular formula is C13H21FN4O. The van der Waals surface area contributed by atoms with Crippen molar-refractivity contribution in [3.63, 3.8) is 0 Å². The molecule has 0 aliphatic rings. The molecule has 1 rings (SSSR count). The van der Waals surface area contributed by atoms with Crippen molar-refractivity contribution in [2.45, 2.75) is 32.6 Å². The molecule has 0 saturated carbocycles. The summed E-state index contributed by atoms with van der Waals surface area (Å²) in [6, 6.07) is 2.73. The van der Waals surface area contributed by atoms with Gasteiger partial charge in [0.25, 0.3) is 0 Å². The number of hydrazine groups is 1. The van der Waals surface area contributed by atoms with E-state index in [1.54, 1.807) is 0 Å². The van der Waals surface area contributed by atoms with Crippen molar-refractivity contribution in [2.24, 2.45) is 0 Å². The van der Waals surface area contributed by atoms with E-state index in [1.165, 1.54) is 25.0 Å². The van der Waals surface area contributed by atoms with Crippen molar-refractivity contribution in [2.75, 3.05) is 18.5 Å². The highest BCUT2D eigenvalue weighted by Crippen LogP contribution is 2.01. The number of unbranched alkanes of at least 4 members (excludes halogenated alkanes) is 2. The lowest BCUT2D eigenvalue weighted by Crippen LogP contribution is -2.32. The second kappa shape index (κ2) is 9.27. The SMILES string of the molecule is CCCCCNCCC(=O)NNc1ccc(F)cn1. The van der Waals surface area contributed by atoms with E-state index in [0.717, 1.165) is 19.2 Å². The lowest BCUT2D eigenvalue weighted by molar-refractivity contribution is -0.120. The Labute approximate surface area is 113 Å². The summed E-state index contributed by atoms with van der Waals surface area (Å²) in [5.41, 5.74) is 5.13. The third-order valence-corrected chi connectivity index (χ3v) is 2.54. The maximum absolute atomic E-state index is 12.6. The number of hydrogen-bond donors (Lipinski definition) is 3. The third kappa shape index (κ3) is 7.35. The number of amides is 1. The van der Waals surface area contributed by atoms with E-state index in [2.05, 4.69) is 28.1 Å². The second-order valence-electron chi connectivity index (χ2n) is 4.24. The number of carbonyl (C=O) groups excluding carboxylic acids is 1. The summed E-state index contributed by atoms with van der Waals surface area (Å²) in [7, 11) is 0. The van der Waals surface area contributed by atoms with Gasteiger partial charge in [0, 0.05) is 13.0 Å². The number of aromatic nitrogens is 1. The van der Waals surface area contributed by atoms with Gasteiger partial charge in [-0.05, 0) is 25.1 Å². The Balaban J connectivity index is 2.06. The summed E-state index contributed by atoms with van der Waals surface area (Å²) in [4.78, 5) is 15.2. The first-order chi connectivity index (χ1) is 9.22. The molecule has 1 heterocycles. The zero-order valence-corrected chi connectivity index (χ0v) is 11.2. The van der Waals surface area contributed by atoms with Gasteiger partial charge >= 0.3 is 0 Å². The number of nitrogens with zero attached hydrogens (tertiary/aromatic N) is 1. The molecule has 0 atom stereocenters. The van der Waals surface area contributed by atoms with E-state index in [4.69, 9.17) is 0 Å². The number of anilines is 1. The molecule has 0 unspecified atom stereocenters. The van der Waals surface area contributed by atoms with E-state index >= 15 is 0 Å². The van der Waals surface area contributed by atoms with Crippen LogP contribution in [0.25, 0.3) is 0 Å². The minimum atomic E-state index is -0.409. The van der Waals surface area contributed by atoms with Gasteiger partial charge in [-0.2, -0.15) is 0 Å². The van der Waals surface area contributed by atoms with Crippen LogP contribution in [-0.4, -0.2) is 24.0 Å². The van der Waals surface area contributed by atoms with Crippen molar-refractivity contribution in [3.05, 3.63) is 24.1 Å². The normalized spacial score (nSPS) is 10.2. The topological polar surface area (TPSA) is 66.1 Å². The van der Waals surface area contributed by atoms with Crippen molar-refractivity contribution in [3.8, 4) is 0 Å². The predicted molar refractivity (Wildman–Crippen MR) is 73.0 cm³/mol. The Bertz CT molecular complexity index is 369. The summed E-state index contributed by atoms with van der Waals surface area (Å²) in [5, 5.41) is 3.20. The van der Waals surface area contributed by atoms with Crippen LogP contribution < -0.4 is 16.2 Å². The van der Waals surface area contributed by atoms with Crippen LogP contribution >= 0.6 is 0 Å². The molecule has 6 heteroatoms. The fraction of sp³-hybridized carbons (Fsp3) is 0.538. The maximum atomic E-state index is 12.6. The Hall–Kier alpha value is -1.69. The molecule has 0 saturated heterocycles. The highest BCUT2D eigenvalue weighted by Gasteiger charge is 2.00. The molecule has 0 aliphatic heterocycles. The quantitative estimate of drug-likeness (QED) is 0.472. The fourth-order valence-electron chi connectivity index (χ4n) is 1.47. The van der Waals surface area contributed by atoms with Gasteiger partial charge in [0.05, 0.1) is 6.20 Å². The molecule has 19 heavy (non-hydrogen) atoms. The van der Waals surface area contributed by atoms with Crippen LogP contribution in [0.4, 0.5) is 10.2 Å². The molecular weight excluding hydrogens is 247 g/mol. The Kier molecular flexibility index (Phi) is 7.50. The molecule has 5 nitrogen and oxygen atoms in total. The minimum Gasteiger partial charge on any atom is -0.316 e. The average Bonchev–Trinajstić information content (AvgIpc) is 2.42. The van der Waals surface area contributed by atoms with Gasteiger partial charge in [-0.3, -0.25) is 15.6 Å². The Morgan fingerprint density at radius 2 is 2.16 bits per heavy atom.